The van der Waals surface area contributed by atoms with Crippen LogP contribution in [-0.2, 0) is 11.3 Å². The molecule has 1 N–H and O–H groups in total. The number of nitrogens with zero attached hydrogens (tertiary/aromatic N) is 2. The fourth-order valence-electron chi connectivity index (χ4n) is 2.43. The van der Waals surface area contributed by atoms with Crippen molar-refractivity contribution in [3.63, 3.8) is 0 Å². The van der Waals surface area contributed by atoms with Gasteiger partial charge in [0.15, 0.2) is 12.4 Å². The molecule has 1 amide bonds. The zero-order valence-corrected chi connectivity index (χ0v) is 11.4. The Kier molecular flexibility index (Phi) is 5.33. The summed E-state index contributed by atoms with van der Waals surface area (Å²) in [4.78, 5) is 13.8. The molecule has 0 aromatic carbocycles. The molecule has 1 aromatic rings. The molecule has 0 bridgehead atoms. The first-order chi connectivity index (χ1) is 9.25. The van der Waals surface area contributed by atoms with Crippen LogP contribution in [0.15, 0.2) is 30.6 Å². The topological polar surface area (TPSA) is 44.4 Å². The van der Waals surface area contributed by atoms with Crippen LogP contribution in [0, 0.1) is 0 Å². The van der Waals surface area contributed by atoms with Crippen molar-refractivity contribution < 1.29 is 14.5 Å². The molecule has 1 aromatic heterocycles. The molecule has 4 heteroatoms. The van der Waals surface area contributed by atoms with E-state index in [4.69, 9.17) is 0 Å². The largest absolute Gasteiger partial charge is 0.393 e. The Morgan fingerprint density at radius 3 is 2.53 bits per heavy atom. The van der Waals surface area contributed by atoms with Crippen molar-refractivity contribution in [1.29, 1.82) is 0 Å². The smallest absolute Gasteiger partial charge is 0.222 e. The minimum absolute atomic E-state index is 0.210. The minimum Gasteiger partial charge on any atom is -0.393 e. The second-order valence-electron chi connectivity index (χ2n) is 5.18. The van der Waals surface area contributed by atoms with E-state index in [0.29, 0.717) is 19.5 Å². The van der Waals surface area contributed by atoms with Crippen LogP contribution in [0.2, 0.25) is 0 Å². The molecular formula is C15H23N2O2+. The molecule has 2 heterocycles. The van der Waals surface area contributed by atoms with Crippen LogP contribution >= 0.6 is 0 Å². The summed E-state index contributed by atoms with van der Waals surface area (Å²) in [6.07, 6.45) is 7.93. The van der Waals surface area contributed by atoms with E-state index in [1.807, 2.05) is 35.5 Å². The van der Waals surface area contributed by atoms with Gasteiger partial charge in [0.05, 0.1) is 6.10 Å². The first kappa shape index (κ1) is 14.0. The Morgan fingerprint density at radius 1 is 1.16 bits per heavy atom. The van der Waals surface area contributed by atoms with Gasteiger partial charge in [-0.05, 0) is 19.3 Å². The maximum Gasteiger partial charge on any atom is 0.222 e. The van der Waals surface area contributed by atoms with E-state index in [1.54, 1.807) is 0 Å². The van der Waals surface area contributed by atoms with E-state index >= 15 is 0 Å². The predicted molar refractivity (Wildman–Crippen MR) is 72.3 cm³/mol. The number of pyridine rings is 1. The lowest BCUT2D eigenvalue weighted by atomic mass is 10.1. The van der Waals surface area contributed by atoms with E-state index in [0.717, 1.165) is 32.2 Å². The normalized spacial score (nSPS) is 16.6. The van der Waals surface area contributed by atoms with Crippen LogP contribution < -0.4 is 4.57 Å². The number of rotatable bonds is 5. The third-order valence-electron chi connectivity index (χ3n) is 3.65. The molecule has 1 aliphatic heterocycles. The summed E-state index contributed by atoms with van der Waals surface area (Å²) in [7, 11) is 0. The number of unbranched alkanes of at least 4 members (excludes halogenated alkanes) is 1. The van der Waals surface area contributed by atoms with Crippen LogP contribution in [0.4, 0.5) is 0 Å². The number of carbonyl (C=O) groups excluding carboxylic acids is 1. The third kappa shape index (κ3) is 4.63. The van der Waals surface area contributed by atoms with Crippen molar-refractivity contribution in [2.45, 2.75) is 44.8 Å². The monoisotopic (exact) mass is 263 g/mol. The lowest BCUT2D eigenvalue weighted by Gasteiger charge is -2.29. The van der Waals surface area contributed by atoms with Gasteiger partial charge < -0.3 is 10.0 Å². The number of hydrogen-bond acceptors (Lipinski definition) is 2. The summed E-state index contributed by atoms with van der Waals surface area (Å²) in [5.41, 5.74) is 0. The first-order valence-electron chi connectivity index (χ1n) is 7.15. The number of aryl methyl sites for hydroxylation is 1. The molecule has 2 rings (SSSR count). The van der Waals surface area contributed by atoms with Gasteiger partial charge in [-0.1, -0.05) is 6.07 Å². The van der Waals surface area contributed by atoms with Crippen molar-refractivity contribution >= 4 is 5.91 Å². The van der Waals surface area contributed by atoms with Crippen LogP contribution in [0.3, 0.4) is 0 Å². The van der Waals surface area contributed by atoms with Crippen molar-refractivity contribution in [1.82, 2.24) is 4.90 Å². The maximum absolute atomic E-state index is 12.0. The summed E-state index contributed by atoms with van der Waals surface area (Å²) in [6.45, 7) is 2.40. The van der Waals surface area contributed by atoms with Crippen LogP contribution in [-0.4, -0.2) is 35.1 Å². The van der Waals surface area contributed by atoms with E-state index < -0.39 is 0 Å². The van der Waals surface area contributed by atoms with Gasteiger partial charge in [-0.2, -0.15) is 0 Å². The average molecular weight is 263 g/mol. The van der Waals surface area contributed by atoms with Gasteiger partial charge in [0, 0.05) is 38.1 Å². The van der Waals surface area contributed by atoms with Crippen LogP contribution in [0.25, 0.3) is 0 Å². The number of aromatic nitrogens is 1. The quantitative estimate of drug-likeness (QED) is 0.639. The molecule has 19 heavy (non-hydrogen) atoms. The Bertz CT molecular complexity index is 386. The average Bonchev–Trinajstić information content (AvgIpc) is 2.45. The highest BCUT2D eigenvalue weighted by atomic mass is 16.3. The molecule has 0 unspecified atom stereocenters. The van der Waals surface area contributed by atoms with Crippen molar-refractivity contribution in [3.8, 4) is 0 Å². The lowest BCUT2D eigenvalue weighted by molar-refractivity contribution is -0.697. The molecule has 104 valence electrons. The lowest BCUT2D eigenvalue weighted by Crippen LogP contribution is -2.40. The van der Waals surface area contributed by atoms with E-state index in [9.17, 15) is 9.90 Å². The molecule has 4 nitrogen and oxygen atoms in total. The second-order valence-corrected chi connectivity index (χ2v) is 5.18. The van der Waals surface area contributed by atoms with Gasteiger partial charge in [-0.25, -0.2) is 4.57 Å². The number of likely N-dealkylation sites (tertiary alicyclic amines) is 1. The Morgan fingerprint density at radius 2 is 1.84 bits per heavy atom. The minimum atomic E-state index is -0.210. The maximum atomic E-state index is 12.0. The summed E-state index contributed by atoms with van der Waals surface area (Å²) in [5, 5.41) is 9.41. The zero-order chi connectivity index (χ0) is 13.5. The highest BCUT2D eigenvalue weighted by molar-refractivity contribution is 5.76. The highest BCUT2D eigenvalue weighted by Gasteiger charge is 2.20. The van der Waals surface area contributed by atoms with Gasteiger partial charge in [0.2, 0.25) is 5.91 Å². The SMILES string of the molecule is O=C(CCCC[n+]1ccccc1)N1CCC(O)CC1. The second kappa shape index (κ2) is 7.24. The van der Waals surface area contributed by atoms with Gasteiger partial charge in [0.25, 0.3) is 0 Å². The fourth-order valence-corrected chi connectivity index (χ4v) is 2.43. The van der Waals surface area contributed by atoms with E-state index in [2.05, 4.69) is 4.57 Å². The standard InChI is InChI=1S/C15H23N2O2/c18-14-7-12-17(13-8-14)15(19)6-2-5-11-16-9-3-1-4-10-16/h1,3-4,9-10,14,18H,2,5-8,11-13H2/q+1. The Balaban J connectivity index is 1.61. The number of carbonyl (C=O) groups is 1. The molecular weight excluding hydrogens is 240 g/mol. The van der Waals surface area contributed by atoms with Gasteiger partial charge in [-0.3, -0.25) is 4.79 Å². The van der Waals surface area contributed by atoms with Gasteiger partial charge >= 0.3 is 0 Å². The van der Waals surface area contributed by atoms with E-state index in [-0.39, 0.29) is 12.0 Å². The molecule has 1 saturated heterocycles. The first-order valence-corrected chi connectivity index (χ1v) is 7.15. The van der Waals surface area contributed by atoms with Crippen molar-refractivity contribution in [3.05, 3.63) is 30.6 Å². The summed E-state index contributed by atoms with van der Waals surface area (Å²) >= 11 is 0. The van der Waals surface area contributed by atoms with Crippen molar-refractivity contribution in [2.75, 3.05) is 13.1 Å². The van der Waals surface area contributed by atoms with Gasteiger partial charge in [0.1, 0.15) is 6.54 Å². The molecule has 1 fully saturated rings. The number of aliphatic hydroxyl groups is 1. The summed E-state index contributed by atoms with van der Waals surface area (Å²) in [6, 6.07) is 6.04. The zero-order valence-electron chi connectivity index (χ0n) is 11.4. The predicted octanol–water partition coefficient (Wildman–Crippen LogP) is 1.13. The van der Waals surface area contributed by atoms with E-state index in [1.165, 1.54) is 0 Å². The molecule has 0 spiro atoms. The summed E-state index contributed by atoms with van der Waals surface area (Å²) in [5.74, 6) is 0.241. The number of aliphatic hydroxyl groups excluding tert-OH is 1. The third-order valence-corrected chi connectivity index (χ3v) is 3.65. The molecule has 0 aliphatic carbocycles. The Labute approximate surface area is 114 Å². The fraction of sp³-hybridized carbons (Fsp3) is 0.600. The number of piperidine rings is 1. The Hall–Kier alpha value is -1.42. The molecule has 0 radical (unpaired) electrons. The van der Waals surface area contributed by atoms with Crippen molar-refractivity contribution in [2.24, 2.45) is 0 Å². The number of amides is 1. The number of hydrogen-bond donors (Lipinski definition) is 1. The van der Waals surface area contributed by atoms with Gasteiger partial charge in [-0.15, -0.1) is 0 Å². The molecule has 1 aliphatic rings. The van der Waals surface area contributed by atoms with Crippen LogP contribution in [0.1, 0.15) is 32.1 Å². The summed E-state index contributed by atoms with van der Waals surface area (Å²) < 4.78 is 2.14. The molecule has 0 atom stereocenters. The molecule has 0 saturated carbocycles. The van der Waals surface area contributed by atoms with Crippen LogP contribution in [0.5, 0.6) is 0 Å². The highest BCUT2D eigenvalue weighted by Crippen LogP contribution is 2.12.